The quantitative estimate of drug-likeness (QED) is 0.857. The van der Waals surface area contributed by atoms with Crippen LogP contribution >= 0.6 is 0 Å². The zero-order valence-corrected chi connectivity index (χ0v) is 11.0. The first-order chi connectivity index (χ1) is 8.61. The number of rotatable bonds is 4. The number of likely N-dealkylation sites (N-methyl/N-ethyl adjacent to an activating group) is 1. The molecule has 1 fully saturated rings. The molecule has 0 aromatic heterocycles. The van der Waals surface area contributed by atoms with Crippen molar-refractivity contribution >= 4 is 11.7 Å². The van der Waals surface area contributed by atoms with Gasteiger partial charge in [-0.05, 0) is 37.8 Å². The van der Waals surface area contributed by atoms with E-state index in [9.17, 15) is 4.79 Å². The lowest BCUT2D eigenvalue weighted by Gasteiger charge is -2.27. The number of carbonyl (C=O) groups is 1. The van der Waals surface area contributed by atoms with E-state index in [2.05, 4.69) is 5.32 Å². The molecule has 0 aliphatic heterocycles. The van der Waals surface area contributed by atoms with Crippen LogP contribution in [0.5, 0.6) is 0 Å². The van der Waals surface area contributed by atoms with Gasteiger partial charge in [0.1, 0.15) is 0 Å². The van der Waals surface area contributed by atoms with Crippen molar-refractivity contribution in [3.8, 4) is 0 Å². The number of nitrogens with two attached hydrogens (primary N) is 1. The van der Waals surface area contributed by atoms with E-state index in [0.717, 1.165) is 5.69 Å². The average Bonchev–Trinajstić information content (AvgIpc) is 3.17. The first-order valence-electron chi connectivity index (χ1n) is 6.42. The van der Waals surface area contributed by atoms with Crippen LogP contribution in [0.15, 0.2) is 24.3 Å². The molecule has 1 unspecified atom stereocenters. The minimum atomic E-state index is -0.0822. The van der Waals surface area contributed by atoms with Crippen LogP contribution in [0.4, 0.5) is 10.5 Å². The standard InChI is InChI=1S/C14H21N3O/c1-10-3-7-12(8-4-10)16-14(18)17(2)13(9-15)11-5-6-11/h3-4,7-8,11,13H,5-6,9,15H2,1-2H3,(H,16,18). The Hall–Kier alpha value is -1.55. The number of carbonyl (C=O) groups excluding carboxylic acids is 1. The fourth-order valence-electron chi connectivity index (χ4n) is 2.15. The molecule has 0 spiro atoms. The van der Waals surface area contributed by atoms with Crippen LogP contribution in [0.3, 0.4) is 0 Å². The number of urea groups is 1. The molecule has 1 saturated carbocycles. The molecule has 2 rings (SSSR count). The second-order valence-electron chi connectivity index (χ2n) is 5.05. The van der Waals surface area contributed by atoms with E-state index in [1.54, 1.807) is 4.90 Å². The highest BCUT2D eigenvalue weighted by Gasteiger charge is 2.34. The minimum absolute atomic E-state index is 0.0822. The van der Waals surface area contributed by atoms with Crippen LogP contribution in [0.1, 0.15) is 18.4 Å². The van der Waals surface area contributed by atoms with Crippen molar-refractivity contribution in [3.63, 3.8) is 0 Å². The average molecular weight is 247 g/mol. The van der Waals surface area contributed by atoms with Crippen LogP contribution in [0, 0.1) is 12.8 Å². The predicted octanol–water partition coefficient (Wildman–Crippen LogP) is 2.20. The van der Waals surface area contributed by atoms with Crippen molar-refractivity contribution in [3.05, 3.63) is 29.8 Å². The van der Waals surface area contributed by atoms with Crippen molar-refractivity contribution in [1.29, 1.82) is 0 Å². The molecule has 1 aliphatic carbocycles. The largest absolute Gasteiger partial charge is 0.328 e. The van der Waals surface area contributed by atoms with Gasteiger partial charge in [0.05, 0.1) is 0 Å². The summed E-state index contributed by atoms with van der Waals surface area (Å²) in [6.45, 7) is 2.55. The first-order valence-corrected chi connectivity index (χ1v) is 6.42. The number of benzene rings is 1. The maximum absolute atomic E-state index is 12.1. The van der Waals surface area contributed by atoms with Crippen molar-refractivity contribution in [1.82, 2.24) is 4.90 Å². The molecule has 0 bridgehead atoms. The van der Waals surface area contributed by atoms with Crippen molar-refractivity contribution in [2.75, 3.05) is 18.9 Å². The number of aryl methyl sites for hydroxylation is 1. The number of nitrogens with zero attached hydrogens (tertiary/aromatic N) is 1. The number of amides is 2. The van der Waals surface area contributed by atoms with Gasteiger partial charge in [0.25, 0.3) is 0 Å². The van der Waals surface area contributed by atoms with Crippen molar-refractivity contribution in [2.24, 2.45) is 11.7 Å². The Morgan fingerprint density at radius 2 is 2.06 bits per heavy atom. The van der Waals surface area contributed by atoms with Gasteiger partial charge in [0.15, 0.2) is 0 Å². The van der Waals surface area contributed by atoms with Gasteiger partial charge in [0.2, 0.25) is 0 Å². The smallest absolute Gasteiger partial charge is 0.321 e. The van der Waals surface area contributed by atoms with Crippen LogP contribution in [0.25, 0.3) is 0 Å². The summed E-state index contributed by atoms with van der Waals surface area (Å²) >= 11 is 0. The molecule has 98 valence electrons. The second kappa shape index (κ2) is 5.40. The molecular formula is C14H21N3O. The highest BCUT2D eigenvalue weighted by molar-refractivity contribution is 5.89. The predicted molar refractivity (Wildman–Crippen MR) is 73.5 cm³/mol. The third kappa shape index (κ3) is 3.01. The molecule has 4 heteroatoms. The molecule has 3 N–H and O–H groups in total. The van der Waals surface area contributed by atoms with Gasteiger partial charge in [-0.15, -0.1) is 0 Å². The monoisotopic (exact) mass is 247 g/mol. The summed E-state index contributed by atoms with van der Waals surface area (Å²) in [5.74, 6) is 0.587. The summed E-state index contributed by atoms with van der Waals surface area (Å²) in [4.78, 5) is 13.8. The van der Waals surface area contributed by atoms with Gasteiger partial charge < -0.3 is 16.0 Å². The lowest BCUT2D eigenvalue weighted by atomic mass is 10.1. The van der Waals surface area contributed by atoms with Gasteiger partial charge in [-0.3, -0.25) is 0 Å². The maximum Gasteiger partial charge on any atom is 0.321 e. The van der Waals surface area contributed by atoms with Crippen LogP contribution in [-0.4, -0.2) is 30.6 Å². The topological polar surface area (TPSA) is 58.4 Å². The summed E-state index contributed by atoms with van der Waals surface area (Å²) in [5.41, 5.74) is 7.75. The normalized spacial score (nSPS) is 16.2. The Morgan fingerprint density at radius 3 is 2.56 bits per heavy atom. The summed E-state index contributed by atoms with van der Waals surface area (Å²) in [7, 11) is 1.82. The van der Waals surface area contributed by atoms with Crippen LogP contribution in [0.2, 0.25) is 0 Å². The number of anilines is 1. The first kappa shape index (κ1) is 12.9. The highest BCUT2D eigenvalue weighted by atomic mass is 16.2. The summed E-state index contributed by atoms with van der Waals surface area (Å²) in [6, 6.07) is 7.87. The molecule has 0 heterocycles. The molecule has 1 aliphatic rings. The third-order valence-electron chi connectivity index (χ3n) is 3.53. The Balaban J connectivity index is 1.96. The summed E-state index contributed by atoms with van der Waals surface area (Å²) < 4.78 is 0. The van der Waals surface area contributed by atoms with Gasteiger partial charge in [0, 0.05) is 25.3 Å². The van der Waals surface area contributed by atoms with E-state index in [1.807, 2.05) is 38.2 Å². The maximum atomic E-state index is 12.1. The van der Waals surface area contributed by atoms with Crippen molar-refractivity contribution < 1.29 is 4.79 Å². The number of nitrogens with one attached hydrogen (secondary N) is 1. The number of hydrogen-bond acceptors (Lipinski definition) is 2. The Kier molecular flexibility index (Phi) is 3.87. The SMILES string of the molecule is Cc1ccc(NC(=O)N(C)C(CN)C2CC2)cc1. The Morgan fingerprint density at radius 1 is 1.44 bits per heavy atom. The summed E-state index contributed by atoms with van der Waals surface area (Å²) in [5, 5.41) is 2.90. The van der Waals surface area contributed by atoms with Gasteiger partial charge in [-0.1, -0.05) is 17.7 Å². The van der Waals surface area contributed by atoms with E-state index in [-0.39, 0.29) is 12.1 Å². The van der Waals surface area contributed by atoms with E-state index in [0.29, 0.717) is 12.5 Å². The third-order valence-corrected chi connectivity index (χ3v) is 3.53. The summed E-state index contributed by atoms with van der Waals surface area (Å²) in [6.07, 6.45) is 2.37. The lowest BCUT2D eigenvalue weighted by molar-refractivity contribution is 0.198. The van der Waals surface area contributed by atoms with Crippen molar-refractivity contribution in [2.45, 2.75) is 25.8 Å². The fraction of sp³-hybridized carbons (Fsp3) is 0.500. The zero-order chi connectivity index (χ0) is 13.1. The molecule has 1 aromatic rings. The molecule has 18 heavy (non-hydrogen) atoms. The molecule has 4 nitrogen and oxygen atoms in total. The van der Waals surface area contributed by atoms with E-state index in [1.165, 1.54) is 18.4 Å². The zero-order valence-electron chi connectivity index (χ0n) is 11.0. The Labute approximate surface area is 108 Å². The second-order valence-corrected chi connectivity index (χ2v) is 5.05. The minimum Gasteiger partial charge on any atom is -0.328 e. The highest BCUT2D eigenvalue weighted by Crippen LogP contribution is 2.34. The molecule has 1 atom stereocenters. The van der Waals surface area contributed by atoms with E-state index < -0.39 is 0 Å². The van der Waals surface area contributed by atoms with Crippen LogP contribution < -0.4 is 11.1 Å². The van der Waals surface area contributed by atoms with Gasteiger partial charge >= 0.3 is 6.03 Å². The Bertz CT molecular complexity index is 412. The molecule has 0 radical (unpaired) electrons. The lowest BCUT2D eigenvalue weighted by Crippen LogP contribution is -2.45. The number of hydrogen-bond donors (Lipinski definition) is 2. The van der Waals surface area contributed by atoms with Gasteiger partial charge in [-0.2, -0.15) is 0 Å². The molecular weight excluding hydrogens is 226 g/mol. The van der Waals surface area contributed by atoms with Gasteiger partial charge in [-0.25, -0.2) is 4.79 Å². The van der Waals surface area contributed by atoms with E-state index in [4.69, 9.17) is 5.73 Å². The fourth-order valence-corrected chi connectivity index (χ4v) is 2.15. The van der Waals surface area contributed by atoms with E-state index >= 15 is 0 Å². The molecule has 0 saturated heterocycles. The molecule has 2 amide bonds. The van der Waals surface area contributed by atoms with Crippen LogP contribution in [-0.2, 0) is 0 Å². The molecule has 1 aromatic carbocycles.